The lowest BCUT2D eigenvalue weighted by molar-refractivity contribution is 0.322. The van der Waals surface area contributed by atoms with Crippen molar-refractivity contribution in [3.05, 3.63) is 24.3 Å². The SMILES string of the molecule is COc1cc(Sc2cc(OC)c(OC)c(OC)c2)cc(OC)c1OC. The molecule has 0 N–H and O–H groups in total. The molecule has 0 atom stereocenters. The van der Waals surface area contributed by atoms with Crippen molar-refractivity contribution in [1.82, 2.24) is 0 Å². The summed E-state index contributed by atoms with van der Waals surface area (Å²) in [6, 6.07) is 7.54. The van der Waals surface area contributed by atoms with E-state index in [0.717, 1.165) is 9.79 Å². The second-order valence-corrected chi connectivity index (χ2v) is 5.97. The Morgan fingerprint density at radius 3 is 0.960 bits per heavy atom. The van der Waals surface area contributed by atoms with Crippen LogP contribution in [0.2, 0.25) is 0 Å². The minimum Gasteiger partial charge on any atom is -0.493 e. The molecule has 0 saturated carbocycles. The lowest BCUT2D eigenvalue weighted by Gasteiger charge is -2.16. The van der Waals surface area contributed by atoms with Crippen LogP contribution in [0.15, 0.2) is 34.1 Å². The Balaban J connectivity index is 2.45. The van der Waals surface area contributed by atoms with Gasteiger partial charge < -0.3 is 28.4 Å². The fourth-order valence-electron chi connectivity index (χ4n) is 2.37. The van der Waals surface area contributed by atoms with Crippen molar-refractivity contribution in [3.8, 4) is 34.5 Å². The molecule has 0 aliphatic carbocycles. The third kappa shape index (κ3) is 3.99. The largest absolute Gasteiger partial charge is 0.493 e. The zero-order valence-corrected chi connectivity index (χ0v) is 16.0. The molecule has 0 saturated heterocycles. The van der Waals surface area contributed by atoms with Gasteiger partial charge in [-0.15, -0.1) is 0 Å². The number of methoxy groups -OCH3 is 6. The smallest absolute Gasteiger partial charge is 0.203 e. The summed E-state index contributed by atoms with van der Waals surface area (Å²) in [6.45, 7) is 0. The van der Waals surface area contributed by atoms with E-state index < -0.39 is 0 Å². The summed E-state index contributed by atoms with van der Waals surface area (Å²) in [5.74, 6) is 3.49. The molecule has 0 aliphatic heterocycles. The van der Waals surface area contributed by atoms with Crippen LogP contribution in [0.3, 0.4) is 0 Å². The quantitative estimate of drug-likeness (QED) is 0.702. The summed E-state index contributed by atoms with van der Waals surface area (Å²) in [6.07, 6.45) is 0. The third-order valence-corrected chi connectivity index (χ3v) is 4.45. The number of hydrogen-bond acceptors (Lipinski definition) is 7. The molecular formula is C18H22O6S. The van der Waals surface area contributed by atoms with Crippen molar-refractivity contribution in [3.63, 3.8) is 0 Å². The van der Waals surface area contributed by atoms with Crippen molar-refractivity contribution in [2.24, 2.45) is 0 Å². The van der Waals surface area contributed by atoms with E-state index in [9.17, 15) is 0 Å². The molecule has 25 heavy (non-hydrogen) atoms. The topological polar surface area (TPSA) is 55.4 Å². The lowest BCUT2D eigenvalue weighted by atomic mass is 10.3. The minimum atomic E-state index is 0.555. The first-order valence-electron chi connectivity index (χ1n) is 7.39. The van der Waals surface area contributed by atoms with Crippen LogP contribution in [0.5, 0.6) is 34.5 Å². The molecule has 0 radical (unpaired) electrons. The lowest BCUT2D eigenvalue weighted by Crippen LogP contribution is -1.96. The van der Waals surface area contributed by atoms with Crippen molar-refractivity contribution in [1.29, 1.82) is 0 Å². The summed E-state index contributed by atoms with van der Waals surface area (Å²) >= 11 is 1.51. The van der Waals surface area contributed by atoms with Gasteiger partial charge in [0.2, 0.25) is 11.5 Å². The van der Waals surface area contributed by atoms with Crippen LogP contribution in [0.4, 0.5) is 0 Å². The van der Waals surface area contributed by atoms with Crippen LogP contribution in [0.1, 0.15) is 0 Å². The van der Waals surface area contributed by atoms with Gasteiger partial charge in [-0.05, 0) is 24.3 Å². The van der Waals surface area contributed by atoms with Crippen LogP contribution in [-0.4, -0.2) is 42.7 Å². The predicted molar refractivity (Wildman–Crippen MR) is 96.3 cm³/mol. The third-order valence-electron chi connectivity index (χ3n) is 3.51. The first kappa shape index (κ1) is 18.9. The molecule has 0 aliphatic rings. The first-order chi connectivity index (χ1) is 12.1. The molecular weight excluding hydrogens is 344 g/mol. The van der Waals surface area contributed by atoms with Gasteiger partial charge in [0.1, 0.15) is 0 Å². The molecule has 0 aromatic heterocycles. The fourth-order valence-corrected chi connectivity index (χ4v) is 3.30. The van der Waals surface area contributed by atoms with Gasteiger partial charge in [0.05, 0.1) is 42.7 Å². The zero-order valence-electron chi connectivity index (χ0n) is 15.2. The average Bonchev–Trinajstić information content (AvgIpc) is 2.65. The molecule has 0 fully saturated rings. The Bertz CT molecular complexity index is 620. The molecule has 0 heterocycles. The van der Waals surface area contributed by atoms with Crippen molar-refractivity contribution < 1.29 is 28.4 Å². The summed E-state index contributed by atoms with van der Waals surface area (Å²) in [4.78, 5) is 1.84. The van der Waals surface area contributed by atoms with E-state index in [4.69, 9.17) is 28.4 Å². The fraction of sp³-hybridized carbons (Fsp3) is 0.333. The van der Waals surface area contributed by atoms with Crippen molar-refractivity contribution in [2.45, 2.75) is 9.79 Å². The van der Waals surface area contributed by atoms with E-state index in [1.54, 1.807) is 42.7 Å². The molecule has 0 bridgehead atoms. The molecule has 2 rings (SSSR count). The molecule has 0 spiro atoms. The van der Waals surface area contributed by atoms with E-state index in [1.807, 2.05) is 24.3 Å². The van der Waals surface area contributed by atoms with Gasteiger partial charge in [0.15, 0.2) is 23.0 Å². The van der Waals surface area contributed by atoms with Crippen LogP contribution < -0.4 is 28.4 Å². The Kier molecular flexibility index (Phi) is 6.52. The minimum absolute atomic E-state index is 0.555. The number of ether oxygens (including phenoxy) is 6. The normalized spacial score (nSPS) is 10.2. The van der Waals surface area contributed by atoms with Gasteiger partial charge in [0.25, 0.3) is 0 Å². The predicted octanol–water partition coefficient (Wildman–Crippen LogP) is 3.89. The number of benzene rings is 2. The highest BCUT2D eigenvalue weighted by Crippen LogP contribution is 2.46. The molecule has 0 amide bonds. The van der Waals surface area contributed by atoms with Gasteiger partial charge in [-0.1, -0.05) is 11.8 Å². The molecule has 2 aromatic carbocycles. The van der Waals surface area contributed by atoms with Crippen LogP contribution in [0, 0.1) is 0 Å². The van der Waals surface area contributed by atoms with Gasteiger partial charge in [-0.3, -0.25) is 0 Å². The highest BCUT2D eigenvalue weighted by atomic mass is 32.2. The van der Waals surface area contributed by atoms with E-state index in [-0.39, 0.29) is 0 Å². The van der Waals surface area contributed by atoms with Crippen LogP contribution >= 0.6 is 11.8 Å². The molecule has 6 nitrogen and oxygen atoms in total. The van der Waals surface area contributed by atoms with E-state index >= 15 is 0 Å². The molecule has 7 heteroatoms. The second kappa shape index (κ2) is 8.62. The number of rotatable bonds is 8. The van der Waals surface area contributed by atoms with Crippen LogP contribution in [-0.2, 0) is 0 Å². The summed E-state index contributed by atoms with van der Waals surface area (Å²) < 4.78 is 32.3. The Labute approximate surface area is 151 Å². The maximum absolute atomic E-state index is 5.40. The Morgan fingerprint density at radius 2 is 0.760 bits per heavy atom. The molecule has 0 unspecified atom stereocenters. The van der Waals surface area contributed by atoms with Gasteiger partial charge in [0, 0.05) is 9.79 Å². The summed E-state index contributed by atoms with van der Waals surface area (Å²) in [5.41, 5.74) is 0. The molecule has 136 valence electrons. The zero-order chi connectivity index (χ0) is 18.4. The first-order valence-corrected chi connectivity index (χ1v) is 8.21. The number of hydrogen-bond donors (Lipinski definition) is 0. The van der Waals surface area contributed by atoms with Crippen LogP contribution in [0.25, 0.3) is 0 Å². The highest BCUT2D eigenvalue weighted by Gasteiger charge is 2.17. The monoisotopic (exact) mass is 366 g/mol. The highest BCUT2D eigenvalue weighted by molar-refractivity contribution is 7.99. The van der Waals surface area contributed by atoms with E-state index in [2.05, 4.69) is 0 Å². The van der Waals surface area contributed by atoms with Gasteiger partial charge in [-0.25, -0.2) is 0 Å². The maximum Gasteiger partial charge on any atom is 0.203 e. The van der Waals surface area contributed by atoms with Gasteiger partial charge >= 0.3 is 0 Å². The molecule has 2 aromatic rings. The Morgan fingerprint density at radius 1 is 0.480 bits per heavy atom. The standard InChI is InChI=1S/C18H22O6S/c1-19-13-7-11(8-14(20-2)17(13)23-5)25-12-9-15(21-3)18(24-6)16(10-12)22-4/h7-10H,1-6H3. The maximum atomic E-state index is 5.40. The van der Waals surface area contributed by atoms with E-state index in [0.29, 0.717) is 34.5 Å². The average molecular weight is 366 g/mol. The van der Waals surface area contributed by atoms with E-state index in [1.165, 1.54) is 11.8 Å². The summed E-state index contributed by atoms with van der Waals surface area (Å²) in [7, 11) is 9.51. The van der Waals surface area contributed by atoms with Gasteiger partial charge in [-0.2, -0.15) is 0 Å². The van der Waals surface area contributed by atoms with Crippen molar-refractivity contribution in [2.75, 3.05) is 42.7 Å². The summed E-state index contributed by atoms with van der Waals surface area (Å²) in [5, 5.41) is 0. The Hall–Kier alpha value is -2.41. The second-order valence-electron chi connectivity index (χ2n) is 4.82. The van der Waals surface area contributed by atoms with Crippen molar-refractivity contribution >= 4 is 11.8 Å².